The zero-order valence-electron chi connectivity index (χ0n) is 19.7. The van der Waals surface area contributed by atoms with Crippen molar-refractivity contribution in [1.82, 2.24) is 10.6 Å². The fourth-order valence-electron chi connectivity index (χ4n) is 4.43. The number of amides is 1. The first kappa shape index (κ1) is 25.3. The van der Waals surface area contributed by atoms with E-state index in [9.17, 15) is 13.6 Å². The Morgan fingerprint density at radius 2 is 1.52 bits per heavy atom. The molecule has 2 N–H and O–H groups in total. The average molecular weight is 459 g/mol. The van der Waals surface area contributed by atoms with E-state index in [1.165, 1.54) is 24.3 Å². The van der Waals surface area contributed by atoms with Gasteiger partial charge in [-0.15, -0.1) is 0 Å². The first-order valence-corrected chi connectivity index (χ1v) is 12.0. The fraction of sp³-hybridized carbons (Fsp3) is 0.519. The lowest BCUT2D eigenvalue weighted by Gasteiger charge is -2.29. The lowest BCUT2D eigenvalue weighted by Crippen LogP contribution is -2.50. The van der Waals surface area contributed by atoms with Gasteiger partial charge in [0.05, 0.1) is 6.04 Å². The number of halogens is 2. The summed E-state index contributed by atoms with van der Waals surface area (Å²) in [5, 5.41) is 6.64. The second-order valence-corrected chi connectivity index (χ2v) is 9.32. The topological polar surface area (TPSA) is 50.4 Å². The van der Waals surface area contributed by atoms with Crippen LogP contribution in [0.1, 0.15) is 63.0 Å². The molecule has 0 bridgehead atoms. The maximum absolute atomic E-state index is 13.4. The fourth-order valence-corrected chi connectivity index (χ4v) is 4.43. The third-order valence-corrected chi connectivity index (χ3v) is 6.20. The Bertz CT molecular complexity index is 804. The Morgan fingerprint density at radius 3 is 2.03 bits per heavy atom. The Kier molecular flexibility index (Phi) is 9.82. The van der Waals surface area contributed by atoms with Crippen LogP contribution in [0.4, 0.5) is 8.78 Å². The van der Waals surface area contributed by atoms with Crippen molar-refractivity contribution < 1.29 is 18.3 Å². The molecule has 0 radical (unpaired) electrons. The smallest absolute Gasteiger partial charge is 0.237 e. The van der Waals surface area contributed by atoms with Gasteiger partial charge in [0, 0.05) is 31.7 Å². The Labute approximate surface area is 196 Å². The highest BCUT2D eigenvalue weighted by atomic mass is 19.1. The third-order valence-electron chi connectivity index (χ3n) is 6.20. The molecular formula is C27H36F2N2O2. The van der Waals surface area contributed by atoms with Crippen LogP contribution in [0.5, 0.6) is 0 Å². The van der Waals surface area contributed by atoms with Gasteiger partial charge in [-0.3, -0.25) is 4.79 Å². The molecule has 1 aliphatic rings. The molecule has 1 heterocycles. The molecule has 1 unspecified atom stereocenters. The standard InChI is InChI=1S/C27H36F2N2O2/c1-19(2)18-26(31-24-13-16-33-17-14-24)27(32)30-15-3-4-25(20-5-9-22(28)10-6-20)21-7-11-23(29)12-8-21/h5-12,19,24-26,31H,3-4,13-18H2,1-2H3,(H,30,32). The summed E-state index contributed by atoms with van der Waals surface area (Å²) in [4.78, 5) is 12.9. The summed E-state index contributed by atoms with van der Waals surface area (Å²) in [5.74, 6) is -0.103. The summed E-state index contributed by atoms with van der Waals surface area (Å²) in [6.45, 7) is 6.29. The van der Waals surface area contributed by atoms with E-state index in [-0.39, 0.29) is 29.5 Å². The largest absolute Gasteiger partial charge is 0.381 e. The van der Waals surface area contributed by atoms with Crippen LogP contribution in [0.2, 0.25) is 0 Å². The zero-order chi connectivity index (χ0) is 23.6. The van der Waals surface area contributed by atoms with E-state index in [1.54, 1.807) is 24.3 Å². The van der Waals surface area contributed by atoms with Crippen molar-refractivity contribution in [3.8, 4) is 0 Å². The van der Waals surface area contributed by atoms with Gasteiger partial charge < -0.3 is 15.4 Å². The van der Waals surface area contributed by atoms with E-state index in [2.05, 4.69) is 24.5 Å². The van der Waals surface area contributed by atoms with Gasteiger partial charge in [-0.1, -0.05) is 38.1 Å². The first-order chi connectivity index (χ1) is 15.9. The van der Waals surface area contributed by atoms with E-state index in [0.717, 1.165) is 56.4 Å². The molecule has 0 saturated carbocycles. The molecule has 0 aromatic heterocycles. The van der Waals surface area contributed by atoms with Gasteiger partial charge in [0.25, 0.3) is 0 Å². The number of carbonyl (C=O) groups excluding carboxylic acids is 1. The maximum Gasteiger partial charge on any atom is 0.237 e. The molecule has 2 aromatic rings. The molecule has 0 aliphatic carbocycles. The molecule has 180 valence electrons. The van der Waals surface area contributed by atoms with Gasteiger partial charge in [-0.2, -0.15) is 0 Å². The molecule has 1 saturated heterocycles. The van der Waals surface area contributed by atoms with Gasteiger partial charge in [0.15, 0.2) is 0 Å². The second kappa shape index (κ2) is 12.8. The maximum atomic E-state index is 13.4. The summed E-state index contributed by atoms with van der Waals surface area (Å²) >= 11 is 0. The normalized spacial score (nSPS) is 15.7. The molecule has 0 spiro atoms. The van der Waals surface area contributed by atoms with Gasteiger partial charge in [0.1, 0.15) is 11.6 Å². The van der Waals surface area contributed by atoms with Crippen LogP contribution in [0, 0.1) is 17.6 Å². The molecule has 1 aliphatic heterocycles. The van der Waals surface area contributed by atoms with E-state index < -0.39 is 0 Å². The van der Waals surface area contributed by atoms with Crippen LogP contribution in [0.25, 0.3) is 0 Å². The molecule has 33 heavy (non-hydrogen) atoms. The van der Waals surface area contributed by atoms with Crippen molar-refractivity contribution >= 4 is 5.91 Å². The number of rotatable bonds is 11. The van der Waals surface area contributed by atoms with Crippen LogP contribution in [0.15, 0.2) is 48.5 Å². The highest BCUT2D eigenvalue weighted by Crippen LogP contribution is 2.29. The second-order valence-electron chi connectivity index (χ2n) is 9.32. The Hall–Kier alpha value is -2.31. The number of benzene rings is 2. The van der Waals surface area contributed by atoms with Crippen molar-refractivity contribution in [2.24, 2.45) is 5.92 Å². The van der Waals surface area contributed by atoms with Crippen molar-refractivity contribution in [1.29, 1.82) is 0 Å². The van der Waals surface area contributed by atoms with Gasteiger partial charge in [-0.05, 0) is 73.4 Å². The predicted molar refractivity (Wildman–Crippen MR) is 127 cm³/mol. The van der Waals surface area contributed by atoms with Crippen LogP contribution in [-0.4, -0.2) is 37.7 Å². The SMILES string of the molecule is CC(C)CC(NC1CCOCC1)C(=O)NCCCC(c1ccc(F)cc1)c1ccc(F)cc1. The van der Waals surface area contributed by atoms with E-state index in [1.807, 2.05) is 0 Å². The summed E-state index contributed by atoms with van der Waals surface area (Å²) < 4.78 is 32.3. The van der Waals surface area contributed by atoms with Crippen LogP contribution in [0.3, 0.4) is 0 Å². The molecular weight excluding hydrogens is 422 g/mol. The minimum Gasteiger partial charge on any atom is -0.381 e. The summed E-state index contributed by atoms with van der Waals surface area (Å²) in [6, 6.07) is 13.0. The van der Waals surface area contributed by atoms with Gasteiger partial charge in [0.2, 0.25) is 5.91 Å². The minimum absolute atomic E-state index is 0.00919. The highest BCUT2D eigenvalue weighted by Gasteiger charge is 2.24. The molecule has 3 rings (SSSR count). The quantitative estimate of drug-likeness (QED) is 0.457. The van der Waals surface area contributed by atoms with Gasteiger partial charge in [-0.25, -0.2) is 8.78 Å². The minimum atomic E-state index is -0.280. The first-order valence-electron chi connectivity index (χ1n) is 12.0. The molecule has 2 aromatic carbocycles. The number of nitrogens with one attached hydrogen (secondary N) is 2. The van der Waals surface area contributed by atoms with E-state index in [0.29, 0.717) is 18.5 Å². The van der Waals surface area contributed by atoms with Crippen molar-refractivity contribution in [3.63, 3.8) is 0 Å². The molecule has 1 fully saturated rings. The van der Waals surface area contributed by atoms with Crippen molar-refractivity contribution in [2.75, 3.05) is 19.8 Å². The van der Waals surface area contributed by atoms with Crippen LogP contribution in [-0.2, 0) is 9.53 Å². The number of carbonyl (C=O) groups is 1. The number of hydrogen-bond donors (Lipinski definition) is 2. The van der Waals surface area contributed by atoms with Crippen LogP contribution >= 0.6 is 0 Å². The molecule has 6 heteroatoms. The monoisotopic (exact) mass is 458 g/mol. The number of hydrogen-bond acceptors (Lipinski definition) is 3. The summed E-state index contributed by atoms with van der Waals surface area (Å²) in [6.07, 6.45) is 4.17. The average Bonchev–Trinajstić information content (AvgIpc) is 2.80. The Balaban J connectivity index is 1.57. The summed E-state index contributed by atoms with van der Waals surface area (Å²) in [5.41, 5.74) is 1.96. The lowest BCUT2D eigenvalue weighted by molar-refractivity contribution is -0.124. The predicted octanol–water partition coefficient (Wildman–Crippen LogP) is 5.18. The van der Waals surface area contributed by atoms with Gasteiger partial charge >= 0.3 is 0 Å². The number of ether oxygens (including phenoxy) is 1. The zero-order valence-corrected chi connectivity index (χ0v) is 19.7. The molecule has 1 atom stereocenters. The Morgan fingerprint density at radius 1 is 0.970 bits per heavy atom. The van der Waals surface area contributed by atoms with Crippen molar-refractivity contribution in [3.05, 3.63) is 71.3 Å². The molecule has 4 nitrogen and oxygen atoms in total. The molecule has 1 amide bonds. The third kappa shape index (κ3) is 8.20. The van der Waals surface area contributed by atoms with E-state index >= 15 is 0 Å². The lowest BCUT2D eigenvalue weighted by atomic mass is 9.87. The van der Waals surface area contributed by atoms with Crippen molar-refractivity contribution in [2.45, 2.75) is 64.0 Å². The highest BCUT2D eigenvalue weighted by molar-refractivity contribution is 5.81. The van der Waals surface area contributed by atoms with E-state index in [4.69, 9.17) is 4.74 Å². The van der Waals surface area contributed by atoms with Crippen LogP contribution < -0.4 is 10.6 Å². The summed E-state index contributed by atoms with van der Waals surface area (Å²) in [7, 11) is 0.